The van der Waals surface area contributed by atoms with E-state index in [4.69, 9.17) is 5.73 Å². The van der Waals surface area contributed by atoms with E-state index >= 15 is 0 Å². The summed E-state index contributed by atoms with van der Waals surface area (Å²) in [5, 5.41) is 0. The Balaban J connectivity index is 2.28. The van der Waals surface area contributed by atoms with Gasteiger partial charge in [0.25, 0.3) is 10.0 Å². The second kappa shape index (κ2) is 5.69. The monoisotopic (exact) mass is 288 g/mol. The van der Waals surface area contributed by atoms with Crippen LogP contribution in [0.2, 0.25) is 0 Å². The van der Waals surface area contributed by atoms with Crippen molar-refractivity contribution in [1.82, 2.24) is 4.31 Å². The minimum absolute atomic E-state index is 0.159. The molecule has 102 valence electrons. The molecule has 6 heteroatoms. The molecule has 0 saturated carbocycles. The predicted molar refractivity (Wildman–Crippen MR) is 74.0 cm³/mol. The van der Waals surface area contributed by atoms with Crippen molar-refractivity contribution in [1.29, 1.82) is 0 Å². The third-order valence-corrected chi connectivity index (χ3v) is 6.97. The topological polar surface area (TPSA) is 63.4 Å². The minimum atomic E-state index is -3.32. The first kappa shape index (κ1) is 14.0. The maximum Gasteiger partial charge on any atom is 0.252 e. The van der Waals surface area contributed by atoms with Crippen molar-refractivity contribution >= 4 is 21.4 Å². The zero-order chi connectivity index (χ0) is 13.2. The lowest BCUT2D eigenvalue weighted by Crippen LogP contribution is -2.42. The average molecular weight is 288 g/mol. The smallest absolute Gasteiger partial charge is 0.252 e. The lowest BCUT2D eigenvalue weighted by molar-refractivity contribution is 0.247. The van der Waals surface area contributed by atoms with E-state index in [-0.39, 0.29) is 6.04 Å². The van der Waals surface area contributed by atoms with Gasteiger partial charge in [-0.1, -0.05) is 13.3 Å². The van der Waals surface area contributed by atoms with Crippen LogP contribution < -0.4 is 5.73 Å². The molecule has 1 unspecified atom stereocenters. The van der Waals surface area contributed by atoms with Crippen molar-refractivity contribution in [2.24, 2.45) is 5.73 Å². The maximum absolute atomic E-state index is 12.6. The summed E-state index contributed by atoms with van der Waals surface area (Å²) < 4.78 is 27.3. The van der Waals surface area contributed by atoms with Crippen molar-refractivity contribution in [2.45, 2.75) is 49.4 Å². The van der Waals surface area contributed by atoms with Crippen molar-refractivity contribution in [3.63, 3.8) is 0 Å². The van der Waals surface area contributed by atoms with Crippen molar-refractivity contribution < 1.29 is 8.42 Å². The molecule has 0 aliphatic carbocycles. The minimum Gasteiger partial charge on any atom is -0.326 e. The van der Waals surface area contributed by atoms with Gasteiger partial charge in [0, 0.05) is 24.0 Å². The van der Waals surface area contributed by atoms with Gasteiger partial charge in [-0.2, -0.15) is 4.31 Å². The molecule has 1 aromatic rings. The number of nitrogens with two attached hydrogens (primary N) is 1. The van der Waals surface area contributed by atoms with Crippen LogP contribution in [0.1, 0.15) is 37.5 Å². The molecule has 1 fully saturated rings. The zero-order valence-corrected chi connectivity index (χ0v) is 12.3. The molecule has 1 aromatic heterocycles. The first-order valence-corrected chi connectivity index (χ1v) is 8.66. The summed E-state index contributed by atoms with van der Waals surface area (Å²) in [6, 6.07) is 3.65. The Bertz CT molecular complexity index is 496. The molecular weight excluding hydrogens is 268 g/mol. The summed E-state index contributed by atoms with van der Waals surface area (Å²) in [6.07, 6.45) is 3.95. The van der Waals surface area contributed by atoms with E-state index in [1.165, 1.54) is 11.3 Å². The Kier molecular flexibility index (Phi) is 4.42. The third-order valence-electron chi connectivity index (χ3n) is 3.45. The van der Waals surface area contributed by atoms with E-state index in [9.17, 15) is 8.42 Å². The number of nitrogens with zero attached hydrogens (tertiary/aromatic N) is 1. The van der Waals surface area contributed by atoms with E-state index in [0.717, 1.165) is 30.6 Å². The van der Waals surface area contributed by atoms with Gasteiger partial charge in [-0.05, 0) is 31.4 Å². The quantitative estimate of drug-likeness (QED) is 0.923. The van der Waals surface area contributed by atoms with Crippen LogP contribution in [-0.4, -0.2) is 25.3 Å². The Morgan fingerprint density at radius 2 is 2.22 bits per heavy atom. The molecule has 2 rings (SSSR count). The van der Waals surface area contributed by atoms with E-state index in [0.29, 0.717) is 17.3 Å². The molecule has 2 heterocycles. The normalized spacial score (nSPS) is 22.2. The fourth-order valence-electron chi connectivity index (χ4n) is 2.42. The summed E-state index contributed by atoms with van der Waals surface area (Å²) in [5.74, 6) is 0. The SMILES string of the molecule is CCC1CCCCN1S(=O)(=O)c1ccc(CN)s1. The van der Waals surface area contributed by atoms with Crippen molar-refractivity contribution in [3.05, 3.63) is 17.0 Å². The summed E-state index contributed by atoms with van der Waals surface area (Å²) in [6.45, 7) is 3.10. The third kappa shape index (κ3) is 2.61. The van der Waals surface area contributed by atoms with Crippen molar-refractivity contribution in [3.8, 4) is 0 Å². The first-order chi connectivity index (χ1) is 8.59. The first-order valence-electron chi connectivity index (χ1n) is 6.40. The molecule has 1 saturated heterocycles. The standard InChI is InChI=1S/C12H20N2O2S2/c1-2-10-5-3-4-8-14(10)18(15,16)12-7-6-11(9-13)17-12/h6-7,10H,2-5,8-9,13H2,1H3. The van der Waals surface area contributed by atoms with Gasteiger partial charge in [-0.15, -0.1) is 11.3 Å². The molecule has 0 spiro atoms. The van der Waals surface area contributed by atoms with Gasteiger partial charge in [0.05, 0.1) is 0 Å². The number of rotatable bonds is 4. The van der Waals surface area contributed by atoms with Gasteiger partial charge >= 0.3 is 0 Å². The Labute approximate surface area is 113 Å². The number of hydrogen-bond donors (Lipinski definition) is 1. The van der Waals surface area contributed by atoms with Crippen LogP contribution in [0.25, 0.3) is 0 Å². The second-order valence-corrected chi connectivity index (χ2v) is 7.88. The van der Waals surface area contributed by atoms with Gasteiger partial charge in [-0.25, -0.2) is 8.42 Å². The lowest BCUT2D eigenvalue weighted by Gasteiger charge is -2.33. The number of piperidine rings is 1. The molecule has 4 nitrogen and oxygen atoms in total. The van der Waals surface area contributed by atoms with Crippen LogP contribution in [0.4, 0.5) is 0 Å². The van der Waals surface area contributed by atoms with Crippen LogP contribution in [0.5, 0.6) is 0 Å². The highest BCUT2D eigenvalue weighted by molar-refractivity contribution is 7.91. The predicted octanol–water partition coefficient (Wildman–Crippen LogP) is 2.16. The van der Waals surface area contributed by atoms with Crippen LogP contribution >= 0.6 is 11.3 Å². The second-order valence-electron chi connectivity index (χ2n) is 4.60. The van der Waals surface area contributed by atoms with Gasteiger partial charge in [0.1, 0.15) is 4.21 Å². The van der Waals surface area contributed by atoms with Crippen LogP contribution in [-0.2, 0) is 16.6 Å². The fourth-order valence-corrected chi connectivity index (χ4v) is 5.55. The fraction of sp³-hybridized carbons (Fsp3) is 0.667. The summed E-state index contributed by atoms with van der Waals surface area (Å²) in [4.78, 5) is 0.915. The highest BCUT2D eigenvalue weighted by Gasteiger charge is 2.33. The van der Waals surface area contributed by atoms with E-state index in [1.54, 1.807) is 10.4 Å². The molecule has 0 bridgehead atoms. The van der Waals surface area contributed by atoms with Gasteiger partial charge in [-0.3, -0.25) is 0 Å². The highest BCUT2D eigenvalue weighted by Crippen LogP contribution is 2.30. The molecule has 0 radical (unpaired) electrons. The van der Waals surface area contributed by atoms with E-state index in [1.807, 2.05) is 6.07 Å². The van der Waals surface area contributed by atoms with Gasteiger partial charge < -0.3 is 5.73 Å². The summed E-state index contributed by atoms with van der Waals surface area (Å²) >= 11 is 1.29. The van der Waals surface area contributed by atoms with Crippen molar-refractivity contribution in [2.75, 3.05) is 6.54 Å². The molecule has 1 atom stereocenters. The van der Waals surface area contributed by atoms with Crippen LogP contribution in [0, 0.1) is 0 Å². The highest BCUT2D eigenvalue weighted by atomic mass is 32.2. The largest absolute Gasteiger partial charge is 0.326 e. The molecule has 2 N–H and O–H groups in total. The summed E-state index contributed by atoms with van der Waals surface area (Å²) in [5.41, 5.74) is 5.54. The number of thiophene rings is 1. The molecular formula is C12H20N2O2S2. The molecule has 18 heavy (non-hydrogen) atoms. The van der Waals surface area contributed by atoms with E-state index in [2.05, 4.69) is 6.92 Å². The number of sulfonamides is 1. The van der Waals surface area contributed by atoms with E-state index < -0.39 is 10.0 Å². The average Bonchev–Trinajstić information content (AvgIpc) is 2.88. The molecule has 1 aliphatic rings. The maximum atomic E-state index is 12.6. The van der Waals surface area contributed by atoms with Crippen LogP contribution in [0.15, 0.2) is 16.3 Å². The summed E-state index contributed by atoms with van der Waals surface area (Å²) in [7, 11) is -3.32. The Morgan fingerprint density at radius 3 is 2.83 bits per heavy atom. The molecule has 0 amide bonds. The van der Waals surface area contributed by atoms with Gasteiger partial charge in [0.2, 0.25) is 0 Å². The Morgan fingerprint density at radius 1 is 1.44 bits per heavy atom. The van der Waals surface area contributed by atoms with Crippen LogP contribution in [0.3, 0.4) is 0 Å². The Hall–Kier alpha value is -0.430. The lowest BCUT2D eigenvalue weighted by atomic mass is 10.0. The molecule has 0 aromatic carbocycles. The molecule has 1 aliphatic heterocycles. The van der Waals surface area contributed by atoms with Gasteiger partial charge in [0.15, 0.2) is 0 Å². The number of hydrogen-bond acceptors (Lipinski definition) is 4. The zero-order valence-electron chi connectivity index (χ0n) is 10.6.